The van der Waals surface area contributed by atoms with Gasteiger partial charge in [-0.1, -0.05) is 0 Å². The van der Waals surface area contributed by atoms with Crippen LogP contribution >= 0.6 is 11.3 Å². The number of aromatic nitrogens is 1. The Labute approximate surface area is 83.8 Å². The lowest BCUT2D eigenvalue weighted by Gasteiger charge is -1.87. The van der Waals surface area contributed by atoms with Gasteiger partial charge in [-0.3, -0.25) is 4.55 Å². The van der Waals surface area contributed by atoms with Crippen molar-refractivity contribution in [2.24, 2.45) is 0 Å². The summed E-state index contributed by atoms with van der Waals surface area (Å²) in [5, 5.41) is 0. The molecule has 0 atom stereocenters. The van der Waals surface area contributed by atoms with Gasteiger partial charge in [0.1, 0.15) is 10.5 Å². The fourth-order valence-corrected chi connectivity index (χ4v) is 2.53. The lowest BCUT2D eigenvalue weighted by Crippen LogP contribution is -1.92. The molecule has 0 aliphatic heterocycles. The first-order chi connectivity index (χ1) is 6.57. The molecule has 7 heteroatoms. The summed E-state index contributed by atoms with van der Waals surface area (Å²) in [6.07, 6.45) is 2.85. The molecule has 2 rings (SSSR count). The molecule has 2 aromatic rings. The average Bonchev–Trinajstić information content (AvgIpc) is 2.73. The molecule has 0 unspecified atom stereocenters. The minimum atomic E-state index is -4.12. The van der Waals surface area contributed by atoms with Gasteiger partial charge in [0.2, 0.25) is 5.89 Å². The molecular weight excluding hydrogens is 226 g/mol. The van der Waals surface area contributed by atoms with Crippen molar-refractivity contribution in [3.05, 3.63) is 24.6 Å². The van der Waals surface area contributed by atoms with Crippen molar-refractivity contribution in [3.63, 3.8) is 0 Å². The van der Waals surface area contributed by atoms with Gasteiger partial charge in [-0.25, -0.2) is 4.98 Å². The molecule has 0 saturated carbocycles. The Bertz CT molecular complexity index is 526. The van der Waals surface area contributed by atoms with E-state index in [0.717, 1.165) is 11.3 Å². The molecule has 0 aromatic carbocycles. The highest BCUT2D eigenvalue weighted by atomic mass is 32.3. The monoisotopic (exact) mass is 231 g/mol. The van der Waals surface area contributed by atoms with Gasteiger partial charge in [0.25, 0.3) is 0 Å². The molecule has 74 valence electrons. The summed E-state index contributed by atoms with van der Waals surface area (Å²) in [6, 6.07) is 2.83. The Morgan fingerprint density at radius 3 is 2.71 bits per heavy atom. The largest absolute Gasteiger partial charge is 0.444 e. The lowest BCUT2D eigenvalue weighted by molar-refractivity contribution is 0.485. The van der Waals surface area contributed by atoms with Gasteiger partial charge in [-0.15, -0.1) is 11.3 Å². The van der Waals surface area contributed by atoms with Crippen molar-refractivity contribution < 1.29 is 17.4 Å². The van der Waals surface area contributed by atoms with Crippen LogP contribution in [0, 0.1) is 0 Å². The van der Waals surface area contributed by atoms with Crippen LogP contribution in [0.25, 0.3) is 10.8 Å². The molecule has 0 saturated heterocycles. The highest BCUT2D eigenvalue weighted by Gasteiger charge is 2.15. The minimum absolute atomic E-state index is 0.120. The summed E-state index contributed by atoms with van der Waals surface area (Å²) in [4.78, 5) is 4.41. The third kappa shape index (κ3) is 1.69. The molecule has 0 aliphatic rings. The topological polar surface area (TPSA) is 80.4 Å². The second-order valence-electron chi connectivity index (χ2n) is 2.43. The maximum absolute atomic E-state index is 10.7. The Balaban J connectivity index is 2.46. The first-order valence-electron chi connectivity index (χ1n) is 3.54. The van der Waals surface area contributed by atoms with Gasteiger partial charge < -0.3 is 4.42 Å². The Morgan fingerprint density at radius 2 is 2.21 bits per heavy atom. The first kappa shape index (κ1) is 9.38. The van der Waals surface area contributed by atoms with Crippen molar-refractivity contribution in [1.82, 2.24) is 4.98 Å². The summed E-state index contributed by atoms with van der Waals surface area (Å²) in [5.74, 6) is 0.338. The van der Waals surface area contributed by atoms with E-state index >= 15 is 0 Å². The zero-order chi connectivity index (χ0) is 10.2. The van der Waals surface area contributed by atoms with Gasteiger partial charge in [-0.05, 0) is 12.1 Å². The van der Waals surface area contributed by atoms with E-state index in [4.69, 9.17) is 8.97 Å². The van der Waals surface area contributed by atoms with Crippen molar-refractivity contribution in [2.75, 3.05) is 0 Å². The quantitative estimate of drug-likeness (QED) is 0.795. The van der Waals surface area contributed by atoms with Crippen LogP contribution in [0.4, 0.5) is 0 Å². The Morgan fingerprint density at radius 1 is 1.43 bits per heavy atom. The molecule has 2 aromatic heterocycles. The van der Waals surface area contributed by atoms with E-state index in [1.165, 1.54) is 24.6 Å². The Hall–Kier alpha value is -1.18. The number of oxazole rings is 1. The van der Waals surface area contributed by atoms with Crippen LogP contribution in [0.2, 0.25) is 0 Å². The van der Waals surface area contributed by atoms with E-state index < -0.39 is 10.1 Å². The highest BCUT2D eigenvalue weighted by Crippen LogP contribution is 2.29. The second-order valence-corrected chi connectivity index (χ2v) is 5.16. The lowest BCUT2D eigenvalue weighted by atomic mass is 10.5. The minimum Gasteiger partial charge on any atom is -0.444 e. The Kier molecular flexibility index (Phi) is 2.14. The number of thiophene rings is 1. The third-order valence-corrected chi connectivity index (χ3v) is 3.87. The molecule has 2 heterocycles. The van der Waals surface area contributed by atoms with Crippen LogP contribution in [0.1, 0.15) is 0 Å². The van der Waals surface area contributed by atoms with E-state index in [1.54, 1.807) is 0 Å². The molecule has 0 radical (unpaired) electrons. The van der Waals surface area contributed by atoms with Gasteiger partial charge in [0.15, 0.2) is 0 Å². The SMILES string of the molecule is O=S(=O)(O)c1ccc(-c2ncco2)s1. The van der Waals surface area contributed by atoms with E-state index in [9.17, 15) is 8.42 Å². The molecule has 0 spiro atoms. The smallest absolute Gasteiger partial charge is 0.304 e. The van der Waals surface area contributed by atoms with Gasteiger partial charge >= 0.3 is 10.1 Å². The van der Waals surface area contributed by atoms with Gasteiger partial charge in [-0.2, -0.15) is 8.42 Å². The van der Waals surface area contributed by atoms with E-state index in [-0.39, 0.29) is 4.21 Å². The molecule has 0 bridgehead atoms. The molecule has 5 nitrogen and oxygen atoms in total. The standard InChI is InChI=1S/C7H5NO4S2/c9-14(10,11)6-2-1-5(13-6)7-8-3-4-12-7/h1-4H,(H,9,10,11). The fourth-order valence-electron chi connectivity index (χ4n) is 0.919. The number of hydrogen-bond donors (Lipinski definition) is 1. The van der Waals surface area contributed by atoms with Crippen molar-refractivity contribution in [3.8, 4) is 10.8 Å². The van der Waals surface area contributed by atoms with Gasteiger partial charge in [0.05, 0.1) is 11.1 Å². The molecule has 14 heavy (non-hydrogen) atoms. The molecule has 0 aliphatic carbocycles. The fraction of sp³-hybridized carbons (Fsp3) is 0. The third-order valence-electron chi connectivity index (χ3n) is 1.48. The summed E-state index contributed by atoms with van der Waals surface area (Å²) in [6.45, 7) is 0. The van der Waals surface area contributed by atoms with E-state index in [0.29, 0.717) is 10.8 Å². The van der Waals surface area contributed by atoms with Crippen molar-refractivity contribution >= 4 is 21.5 Å². The highest BCUT2D eigenvalue weighted by molar-refractivity contribution is 7.88. The molecule has 0 amide bonds. The van der Waals surface area contributed by atoms with Crippen molar-refractivity contribution in [2.45, 2.75) is 4.21 Å². The predicted octanol–water partition coefficient (Wildman–Crippen LogP) is 1.65. The second kappa shape index (κ2) is 3.19. The summed E-state index contributed by atoms with van der Waals surface area (Å²) in [5.41, 5.74) is 0. The number of rotatable bonds is 2. The summed E-state index contributed by atoms with van der Waals surface area (Å²) in [7, 11) is -4.12. The first-order valence-corrected chi connectivity index (χ1v) is 5.80. The zero-order valence-corrected chi connectivity index (χ0v) is 8.38. The van der Waals surface area contributed by atoms with Gasteiger partial charge in [0, 0.05) is 0 Å². The van der Waals surface area contributed by atoms with Crippen LogP contribution in [0.3, 0.4) is 0 Å². The normalized spacial score (nSPS) is 11.8. The predicted molar refractivity (Wildman–Crippen MR) is 49.6 cm³/mol. The van der Waals surface area contributed by atoms with Crippen LogP contribution in [-0.4, -0.2) is 18.0 Å². The molecule has 1 N–H and O–H groups in total. The number of nitrogens with zero attached hydrogens (tertiary/aromatic N) is 1. The van der Waals surface area contributed by atoms with Crippen LogP contribution in [0.5, 0.6) is 0 Å². The van der Waals surface area contributed by atoms with Crippen LogP contribution in [-0.2, 0) is 10.1 Å². The summed E-state index contributed by atoms with van der Waals surface area (Å²) >= 11 is 0.903. The number of hydrogen-bond acceptors (Lipinski definition) is 5. The van der Waals surface area contributed by atoms with Crippen LogP contribution < -0.4 is 0 Å². The maximum atomic E-state index is 10.7. The van der Waals surface area contributed by atoms with Crippen molar-refractivity contribution in [1.29, 1.82) is 0 Å². The zero-order valence-electron chi connectivity index (χ0n) is 6.75. The van der Waals surface area contributed by atoms with Crippen LogP contribution in [0.15, 0.2) is 33.2 Å². The molecule has 0 fully saturated rings. The summed E-state index contributed by atoms with van der Waals surface area (Å²) < 4.78 is 35.0. The van der Waals surface area contributed by atoms with E-state index in [1.807, 2.05) is 0 Å². The van der Waals surface area contributed by atoms with E-state index in [2.05, 4.69) is 4.98 Å². The molecular formula is C7H5NO4S2. The average molecular weight is 231 g/mol. The maximum Gasteiger partial charge on any atom is 0.304 e.